The van der Waals surface area contributed by atoms with E-state index in [1.165, 1.54) is 0 Å². The van der Waals surface area contributed by atoms with Gasteiger partial charge in [0.25, 0.3) is 0 Å². The van der Waals surface area contributed by atoms with Gasteiger partial charge in [-0.25, -0.2) is 0 Å². The number of nitrogens with one attached hydrogen (secondary N) is 1. The van der Waals surface area contributed by atoms with Crippen LogP contribution in [0.3, 0.4) is 0 Å². The molecule has 0 radical (unpaired) electrons. The summed E-state index contributed by atoms with van der Waals surface area (Å²) in [6.45, 7) is 5.61. The van der Waals surface area contributed by atoms with Gasteiger partial charge in [0.1, 0.15) is 11.5 Å². The van der Waals surface area contributed by atoms with Crippen molar-refractivity contribution in [1.29, 1.82) is 0 Å². The Morgan fingerprint density at radius 2 is 1.41 bits per heavy atom. The molecule has 2 fully saturated rings. The number of nitrogens with zero attached hydrogens (tertiary/aromatic N) is 5. The molecule has 0 unspecified atom stereocenters. The van der Waals surface area contributed by atoms with Gasteiger partial charge >= 0.3 is 0 Å². The molecule has 0 bridgehead atoms. The van der Waals surface area contributed by atoms with Gasteiger partial charge in [0.05, 0.1) is 46.3 Å². The molecular weight excluding hydrogens is 376 g/mol. The standard InChI is InChI=1S/C19H26N6O4/c1-26-14-3-4-16(27-2)15(13-14)20-17-21-18(24-5-9-28-10-6-24)23-19(22-17)25-7-11-29-12-8-25/h3-4,13H,5-12H2,1-2H3,(H,20,21,22,23). The van der Waals surface area contributed by atoms with E-state index in [-0.39, 0.29) is 0 Å². The summed E-state index contributed by atoms with van der Waals surface area (Å²) >= 11 is 0. The van der Waals surface area contributed by atoms with Crippen molar-refractivity contribution in [3.8, 4) is 11.5 Å². The highest BCUT2D eigenvalue weighted by Gasteiger charge is 2.21. The Bertz CT molecular complexity index is 788. The molecule has 10 heteroatoms. The molecule has 0 amide bonds. The minimum absolute atomic E-state index is 0.453. The van der Waals surface area contributed by atoms with Crippen molar-refractivity contribution in [3.63, 3.8) is 0 Å². The second-order valence-corrected chi connectivity index (χ2v) is 6.65. The third kappa shape index (κ3) is 4.60. The molecule has 2 aliphatic rings. The third-order valence-corrected chi connectivity index (χ3v) is 4.85. The highest BCUT2D eigenvalue weighted by molar-refractivity contribution is 5.66. The summed E-state index contributed by atoms with van der Waals surface area (Å²) in [4.78, 5) is 18.3. The van der Waals surface area contributed by atoms with Crippen LogP contribution < -0.4 is 24.6 Å². The van der Waals surface area contributed by atoms with Crippen LogP contribution in [0.15, 0.2) is 18.2 Å². The minimum atomic E-state index is 0.453. The Balaban J connectivity index is 1.67. The van der Waals surface area contributed by atoms with Gasteiger partial charge in [-0.15, -0.1) is 0 Å². The highest BCUT2D eigenvalue weighted by atomic mass is 16.5. The molecule has 156 valence electrons. The Morgan fingerprint density at radius 3 is 1.93 bits per heavy atom. The normalized spacial score (nSPS) is 17.2. The zero-order valence-corrected chi connectivity index (χ0v) is 16.8. The average Bonchev–Trinajstić information content (AvgIpc) is 2.80. The van der Waals surface area contributed by atoms with Gasteiger partial charge in [-0.05, 0) is 12.1 Å². The van der Waals surface area contributed by atoms with Gasteiger partial charge < -0.3 is 34.1 Å². The van der Waals surface area contributed by atoms with E-state index in [1.54, 1.807) is 14.2 Å². The van der Waals surface area contributed by atoms with E-state index < -0.39 is 0 Å². The Labute approximate surface area is 169 Å². The number of hydrogen-bond acceptors (Lipinski definition) is 10. The number of rotatable bonds is 6. The number of hydrogen-bond donors (Lipinski definition) is 1. The topological polar surface area (TPSA) is 94.1 Å². The molecule has 4 rings (SSSR count). The fraction of sp³-hybridized carbons (Fsp3) is 0.526. The third-order valence-electron chi connectivity index (χ3n) is 4.85. The van der Waals surface area contributed by atoms with Crippen molar-refractivity contribution in [3.05, 3.63) is 18.2 Å². The maximum atomic E-state index is 5.47. The smallest absolute Gasteiger partial charge is 0.233 e. The number of benzene rings is 1. The van der Waals surface area contributed by atoms with Crippen molar-refractivity contribution in [2.24, 2.45) is 0 Å². The van der Waals surface area contributed by atoms with E-state index >= 15 is 0 Å². The van der Waals surface area contributed by atoms with Gasteiger partial charge in [-0.1, -0.05) is 0 Å². The molecule has 2 aromatic rings. The van der Waals surface area contributed by atoms with Crippen LogP contribution >= 0.6 is 0 Å². The lowest BCUT2D eigenvalue weighted by Crippen LogP contribution is -2.40. The Hall–Kier alpha value is -2.85. The summed E-state index contributed by atoms with van der Waals surface area (Å²) < 4.78 is 21.7. The maximum absolute atomic E-state index is 5.47. The predicted molar refractivity (Wildman–Crippen MR) is 109 cm³/mol. The first-order valence-corrected chi connectivity index (χ1v) is 9.67. The van der Waals surface area contributed by atoms with Crippen molar-refractivity contribution >= 4 is 23.5 Å². The molecular formula is C19H26N6O4. The van der Waals surface area contributed by atoms with E-state index in [9.17, 15) is 0 Å². The first kappa shape index (κ1) is 19.5. The van der Waals surface area contributed by atoms with E-state index in [0.717, 1.165) is 31.9 Å². The number of morpholine rings is 2. The van der Waals surface area contributed by atoms with Crippen LogP contribution in [0.25, 0.3) is 0 Å². The summed E-state index contributed by atoms with van der Waals surface area (Å²) in [5.74, 6) is 3.11. The summed E-state index contributed by atoms with van der Waals surface area (Å²) in [7, 11) is 3.25. The lowest BCUT2D eigenvalue weighted by Gasteiger charge is -2.30. The molecule has 0 aliphatic carbocycles. The van der Waals surface area contributed by atoms with E-state index in [0.29, 0.717) is 55.8 Å². The van der Waals surface area contributed by atoms with Gasteiger partial charge in [-0.2, -0.15) is 15.0 Å². The second-order valence-electron chi connectivity index (χ2n) is 6.65. The summed E-state index contributed by atoms with van der Waals surface area (Å²) in [5, 5.41) is 3.27. The van der Waals surface area contributed by atoms with E-state index in [4.69, 9.17) is 23.9 Å². The molecule has 0 saturated carbocycles. The molecule has 29 heavy (non-hydrogen) atoms. The first-order chi connectivity index (χ1) is 14.3. The fourth-order valence-corrected chi connectivity index (χ4v) is 3.25. The molecule has 10 nitrogen and oxygen atoms in total. The highest BCUT2D eigenvalue weighted by Crippen LogP contribution is 2.31. The van der Waals surface area contributed by atoms with Crippen LogP contribution in [-0.4, -0.2) is 81.8 Å². The average molecular weight is 402 g/mol. The molecule has 1 N–H and O–H groups in total. The van der Waals surface area contributed by atoms with Gasteiger partial charge in [0.15, 0.2) is 0 Å². The first-order valence-electron chi connectivity index (χ1n) is 9.67. The van der Waals surface area contributed by atoms with Gasteiger partial charge in [0.2, 0.25) is 17.8 Å². The van der Waals surface area contributed by atoms with Gasteiger partial charge in [0, 0.05) is 32.2 Å². The SMILES string of the molecule is COc1ccc(OC)c(Nc2nc(N3CCOCC3)nc(N3CCOCC3)n2)c1. The van der Waals surface area contributed by atoms with E-state index in [1.807, 2.05) is 18.2 Å². The summed E-state index contributed by atoms with van der Waals surface area (Å²) in [5.41, 5.74) is 0.721. The van der Waals surface area contributed by atoms with E-state index in [2.05, 4.69) is 25.1 Å². The molecule has 0 atom stereocenters. The molecule has 0 spiro atoms. The molecule has 2 aliphatic heterocycles. The molecule has 1 aromatic carbocycles. The molecule has 3 heterocycles. The Morgan fingerprint density at radius 1 is 0.828 bits per heavy atom. The van der Waals surface area contributed by atoms with Crippen LogP contribution in [0, 0.1) is 0 Å². The second kappa shape index (κ2) is 9.10. The lowest BCUT2D eigenvalue weighted by atomic mass is 10.2. The predicted octanol–water partition coefficient (Wildman–Crippen LogP) is 1.31. The van der Waals surface area contributed by atoms with Crippen molar-refractivity contribution < 1.29 is 18.9 Å². The van der Waals surface area contributed by atoms with Gasteiger partial charge in [-0.3, -0.25) is 0 Å². The summed E-state index contributed by atoms with van der Waals surface area (Å²) in [6, 6.07) is 5.54. The van der Waals surface area contributed by atoms with Crippen LogP contribution in [-0.2, 0) is 9.47 Å². The zero-order valence-electron chi connectivity index (χ0n) is 16.8. The fourth-order valence-electron chi connectivity index (χ4n) is 3.25. The van der Waals surface area contributed by atoms with Crippen LogP contribution in [0.4, 0.5) is 23.5 Å². The maximum Gasteiger partial charge on any atom is 0.233 e. The van der Waals surface area contributed by atoms with Crippen molar-refractivity contribution in [1.82, 2.24) is 15.0 Å². The molecule has 1 aromatic heterocycles. The number of ether oxygens (including phenoxy) is 4. The number of methoxy groups -OCH3 is 2. The largest absolute Gasteiger partial charge is 0.497 e. The van der Waals surface area contributed by atoms with Crippen LogP contribution in [0.1, 0.15) is 0 Å². The van der Waals surface area contributed by atoms with Crippen LogP contribution in [0.5, 0.6) is 11.5 Å². The number of anilines is 4. The van der Waals surface area contributed by atoms with Crippen molar-refractivity contribution in [2.45, 2.75) is 0 Å². The lowest BCUT2D eigenvalue weighted by molar-refractivity contribution is 0.121. The quantitative estimate of drug-likeness (QED) is 0.762. The minimum Gasteiger partial charge on any atom is -0.497 e. The summed E-state index contributed by atoms with van der Waals surface area (Å²) in [6.07, 6.45) is 0. The molecule has 2 saturated heterocycles. The number of aromatic nitrogens is 3. The zero-order chi connectivity index (χ0) is 20.1. The monoisotopic (exact) mass is 402 g/mol. The van der Waals surface area contributed by atoms with Crippen LogP contribution in [0.2, 0.25) is 0 Å². The Kier molecular flexibility index (Phi) is 6.11. The van der Waals surface area contributed by atoms with Crippen molar-refractivity contribution in [2.75, 3.05) is 81.9 Å².